The van der Waals surface area contributed by atoms with E-state index in [1.807, 2.05) is 0 Å². The second-order valence-corrected chi connectivity index (χ2v) is 5.01. The summed E-state index contributed by atoms with van der Waals surface area (Å²) in [6.45, 7) is 5.39. The number of nitrogen functional groups attached to an aromatic ring is 1. The molecule has 1 rings (SSSR count). The monoisotopic (exact) mass is 267 g/mol. The molecule has 0 unspecified atom stereocenters. The number of nitro benzene ring substituents is 1. The summed E-state index contributed by atoms with van der Waals surface area (Å²) in [5.41, 5.74) is 5.38. The highest BCUT2D eigenvalue weighted by atomic mass is 16.6. The van der Waals surface area contributed by atoms with Gasteiger partial charge in [0.15, 0.2) is 0 Å². The lowest BCUT2D eigenvalue weighted by Gasteiger charge is -2.19. The Bertz CT molecular complexity index is 494. The highest BCUT2D eigenvalue weighted by Gasteiger charge is 2.16. The van der Waals surface area contributed by atoms with Gasteiger partial charge < -0.3 is 15.8 Å². The molecule has 0 spiro atoms. The normalized spacial score (nSPS) is 10.9. The van der Waals surface area contributed by atoms with Crippen LogP contribution in [0.3, 0.4) is 0 Å². The van der Waals surface area contributed by atoms with E-state index in [-0.39, 0.29) is 17.9 Å². The molecule has 1 aromatic carbocycles. The number of rotatable bonds is 3. The first-order valence-corrected chi connectivity index (χ1v) is 5.68. The van der Waals surface area contributed by atoms with Crippen LogP contribution in [0, 0.1) is 10.1 Å². The number of nitrogens with one attached hydrogen (secondary N) is 1. The zero-order valence-corrected chi connectivity index (χ0v) is 11.1. The van der Waals surface area contributed by atoms with E-state index in [0.29, 0.717) is 5.56 Å². The Balaban J connectivity index is 2.66. The Labute approximate surface area is 110 Å². The van der Waals surface area contributed by atoms with E-state index in [9.17, 15) is 14.9 Å². The van der Waals surface area contributed by atoms with Gasteiger partial charge in [0.05, 0.1) is 4.92 Å². The molecule has 0 fully saturated rings. The van der Waals surface area contributed by atoms with Crippen molar-refractivity contribution in [1.29, 1.82) is 0 Å². The predicted octanol–water partition coefficient (Wildman–Crippen LogP) is 2.20. The SMILES string of the molecule is CC(C)(C)OC(=O)NCc1ccc(N)c([N+](=O)[O-])c1. The summed E-state index contributed by atoms with van der Waals surface area (Å²) in [5, 5.41) is 13.2. The van der Waals surface area contributed by atoms with Crippen molar-refractivity contribution in [2.75, 3.05) is 5.73 Å². The number of hydrogen-bond donors (Lipinski definition) is 2. The van der Waals surface area contributed by atoms with Crippen molar-refractivity contribution in [3.63, 3.8) is 0 Å². The average Bonchev–Trinajstić information content (AvgIpc) is 2.25. The number of nitro groups is 1. The molecule has 0 atom stereocenters. The molecule has 0 radical (unpaired) electrons. The Morgan fingerprint density at radius 1 is 1.47 bits per heavy atom. The summed E-state index contributed by atoms with van der Waals surface area (Å²) < 4.78 is 5.05. The van der Waals surface area contributed by atoms with Crippen LogP contribution in [0.1, 0.15) is 26.3 Å². The first kappa shape index (κ1) is 14.7. The van der Waals surface area contributed by atoms with E-state index in [2.05, 4.69) is 5.32 Å². The third-order valence-corrected chi connectivity index (χ3v) is 2.13. The maximum absolute atomic E-state index is 11.4. The maximum atomic E-state index is 11.4. The average molecular weight is 267 g/mol. The van der Waals surface area contributed by atoms with Crippen molar-refractivity contribution in [2.45, 2.75) is 32.9 Å². The fourth-order valence-electron chi connectivity index (χ4n) is 1.35. The fraction of sp³-hybridized carbons (Fsp3) is 0.417. The number of nitrogens with two attached hydrogens (primary N) is 1. The number of carbonyl (C=O) groups is 1. The van der Waals surface area contributed by atoms with Crippen LogP contribution in [0.5, 0.6) is 0 Å². The van der Waals surface area contributed by atoms with Crippen molar-refractivity contribution >= 4 is 17.5 Å². The number of hydrogen-bond acceptors (Lipinski definition) is 5. The van der Waals surface area contributed by atoms with Crippen LogP contribution < -0.4 is 11.1 Å². The molecule has 7 nitrogen and oxygen atoms in total. The van der Waals surface area contributed by atoms with Gasteiger partial charge in [0.2, 0.25) is 0 Å². The van der Waals surface area contributed by atoms with Gasteiger partial charge in [-0.05, 0) is 32.4 Å². The number of alkyl carbamates (subject to hydrolysis) is 1. The zero-order chi connectivity index (χ0) is 14.6. The lowest BCUT2D eigenvalue weighted by atomic mass is 10.2. The standard InChI is InChI=1S/C12H17N3O4/c1-12(2,3)19-11(16)14-7-8-4-5-9(13)10(6-8)15(17)18/h4-6H,7,13H2,1-3H3,(H,14,16). The van der Waals surface area contributed by atoms with Crippen LogP contribution in [0.4, 0.5) is 16.2 Å². The van der Waals surface area contributed by atoms with Crippen LogP contribution >= 0.6 is 0 Å². The molecule has 0 aliphatic rings. The van der Waals surface area contributed by atoms with Crippen molar-refractivity contribution < 1.29 is 14.5 Å². The largest absolute Gasteiger partial charge is 0.444 e. The number of ether oxygens (including phenoxy) is 1. The number of carbonyl (C=O) groups excluding carboxylic acids is 1. The summed E-state index contributed by atoms with van der Waals surface area (Å²) in [4.78, 5) is 21.6. The first-order chi connectivity index (χ1) is 8.69. The van der Waals surface area contributed by atoms with Gasteiger partial charge in [-0.1, -0.05) is 6.07 Å². The van der Waals surface area contributed by atoms with Crippen LogP contribution in [0.15, 0.2) is 18.2 Å². The van der Waals surface area contributed by atoms with E-state index in [4.69, 9.17) is 10.5 Å². The van der Waals surface area contributed by atoms with Gasteiger partial charge in [-0.25, -0.2) is 4.79 Å². The highest BCUT2D eigenvalue weighted by Crippen LogP contribution is 2.22. The number of benzene rings is 1. The fourth-order valence-corrected chi connectivity index (χ4v) is 1.35. The van der Waals surface area contributed by atoms with E-state index in [1.165, 1.54) is 12.1 Å². The van der Waals surface area contributed by atoms with Crippen molar-refractivity contribution in [3.05, 3.63) is 33.9 Å². The topological polar surface area (TPSA) is 107 Å². The van der Waals surface area contributed by atoms with E-state index < -0.39 is 16.6 Å². The molecule has 0 aliphatic carbocycles. The summed E-state index contributed by atoms with van der Waals surface area (Å²) in [6, 6.07) is 4.37. The van der Waals surface area contributed by atoms with E-state index in [0.717, 1.165) is 0 Å². The van der Waals surface area contributed by atoms with Crippen LogP contribution in [0.2, 0.25) is 0 Å². The third kappa shape index (κ3) is 4.82. The Morgan fingerprint density at radius 2 is 2.11 bits per heavy atom. The molecule has 0 aliphatic heterocycles. The molecule has 0 saturated heterocycles. The molecule has 3 N–H and O–H groups in total. The lowest BCUT2D eigenvalue weighted by molar-refractivity contribution is -0.384. The molecule has 0 aromatic heterocycles. The first-order valence-electron chi connectivity index (χ1n) is 5.68. The van der Waals surface area contributed by atoms with Crippen molar-refractivity contribution in [2.24, 2.45) is 0 Å². The van der Waals surface area contributed by atoms with Crippen LogP contribution in [0.25, 0.3) is 0 Å². The third-order valence-electron chi connectivity index (χ3n) is 2.13. The van der Waals surface area contributed by atoms with Crippen molar-refractivity contribution in [3.8, 4) is 0 Å². The van der Waals surface area contributed by atoms with Gasteiger partial charge in [0.25, 0.3) is 5.69 Å². The highest BCUT2D eigenvalue weighted by molar-refractivity contribution is 5.68. The molecule has 0 bridgehead atoms. The summed E-state index contributed by atoms with van der Waals surface area (Å²) in [5.74, 6) is 0. The summed E-state index contributed by atoms with van der Waals surface area (Å²) >= 11 is 0. The number of anilines is 1. The van der Waals surface area contributed by atoms with Crippen LogP contribution in [-0.4, -0.2) is 16.6 Å². The Kier molecular flexibility index (Phi) is 4.31. The van der Waals surface area contributed by atoms with Gasteiger partial charge in [-0.3, -0.25) is 10.1 Å². The van der Waals surface area contributed by atoms with Gasteiger partial charge in [-0.15, -0.1) is 0 Å². The maximum Gasteiger partial charge on any atom is 0.407 e. The lowest BCUT2D eigenvalue weighted by Crippen LogP contribution is -2.32. The van der Waals surface area contributed by atoms with Gasteiger partial charge >= 0.3 is 6.09 Å². The molecular weight excluding hydrogens is 250 g/mol. The molecule has 0 heterocycles. The van der Waals surface area contributed by atoms with Gasteiger partial charge in [0.1, 0.15) is 11.3 Å². The number of amides is 1. The molecule has 7 heteroatoms. The predicted molar refractivity (Wildman–Crippen MR) is 70.6 cm³/mol. The van der Waals surface area contributed by atoms with E-state index in [1.54, 1.807) is 26.8 Å². The van der Waals surface area contributed by atoms with Gasteiger partial charge in [0, 0.05) is 12.6 Å². The Hall–Kier alpha value is -2.31. The second kappa shape index (κ2) is 5.55. The molecule has 1 aromatic rings. The number of nitrogens with zero attached hydrogens (tertiary/aromatic N) is 1. The van der Waals surface area contributed by atoms with E-state index >= 15 is 0 Å². The quantitative estimate of drug-likeness (QED) is 0.496. The summed E-state index contributed by atoms with van der Waals surface area (Å²) in [7, 11) is 0. The smallest absolute Gasteiger partial charge is 0.407 e. The minimum atomic E-state index is -0.586. The molecule has 19 heavy (non-hydrogen) atoms. The molecule has 1 amide bonds. The van der Waals surface area contributed by atoms with Gasteiger partial charge in [-0.2, -0.15) is 0 Å². The molecule has 104 valence electrons. The minimum Gasteiger partial charge on any atom is -0.444 e. The van der Waals surface area contributed by atoms with Crippen molar-refractivity contribution in [1.82, 2.24) is 5.32 Å². The second-order valence-electron chi connectivity index (χ2n) is 5.01. The molecule has 0 saturated carbocycles. The minimum absolute atomic E-state index is 0.0889. The Morgan fingerprint density at radius 3 is 2.63 bits per heavy atom. The van der Waals surface area contributed by atoms with Crippen LogP contribution in [-0.2, 0) is 11.3 Å². The summed E-state index contributed by atoms with van der Waals surface area (Å²) in [6.07, 6.45) is -0.577. The zero-order valence-electron chi connectivity index (χ0n) is 11.1. The molecular formula is C12H17N3O4.